The van der Waals surface area contributed by atoms with Crippen LogP contribution in [0.15, 0.2) is 18.2 Å². The van der Waals surface area contributed by atoms with E-state index in [1.165, 1.54) is 0 Å². The van der Waals surface area contributed by atoms with Gasteiger partial charge in [-0.3, -0.25) is 4.57 Å². The highest BCUT2D eigenvalue weighted by atomic mass is 31.2. The average Bonchev–Trinajstić information content (AvgIpc) is 2.91. The van der Waals surface area contributed by atoms with E-state index in [4.69, 9.17) is 18.5 Å². The summed E-state index contributed by atoms with van der Waals surface area (Å²) in [6, 6.07) is 5.41. The molecule has 0 atom stereocenters. The Bertz CT molecular complexity index is 657. The van der Waals surface area contributed by atoms with E-state index in [0.29, 0.717) is 35.7 Å². The fraction of sp³-hybridized carbons (Fsp3) is 0.429. The molecule has 0 radical (unpaired) electrons. The van der Waals surface area contributed by atoms with Crippen molar-refractivity contribution in [3.8, 4) is 11.5 Å². The molecule has 1 aromatic carbocycles. The van der Waals surface area contributed by atoms with Gasteiger partial charge < -0.3 is 23.5 Å². The Morgan fingerprint density at radius 2 is 1.76 bits per heavy atom. The largest absolute Gasteiger partial charge is 0.493 e. The molecule has 6 nitrogen and oxygen atoms in total. The number of rotatable bonds is 7. The van der Waals surface area contributed by atoms with Crippen molar-refractivity contribution in [3.05, 3.63) is 18.2 Å². The van der Waals surface area contributed by atoms with Crippen LogP contribution in [0.3, 0.4) is 0 Å². The van der Waals surface area contributed by atoms with Crippen LogP contribution in [0.4, 0.5) is 0 Å². The first kappa shape index (κ1) is 15.9. The van der Waals surface area contributed by atoms with Gasteiger partial charge in [0.15, 0.2) is 11.5 Å². The summed E-state index contributed by atoms with van der Waals surface area (Å²) in [5, 5.41) is 0.849. The van der Waals surface area contributed by atoms with E-state index in [1.54, 1.807) is 40.2 Å². The number of hydrogen-bond donors (Lipinski definition) is 1. The maximum atomic E-state index is 12.8. The van der Waals surface area contributed by atoms with Gasteiger partial charge in [0.1, 0.15) is 5.44 Å². The Labute approximate surface area is 123 Å². The van der Waals surface area contributed by atoms with Crippen LogP contribution in [0, 0.1) is 0 Å². The summed E-state index contributed by atoms with van der Waals surface area (Å²) < 4.78 is 34.1. The molecule has 116 valence electrons. The molecule has 1 aromatic heterocycles. The van der Waals surface area contributed by atoms with Crippen LogP contribution < -0.4 is 14.9 Å². The highest BCUT2D eigenvalue weighted by Crippen LogP contribution is 2.48. The third kappa shape index (κ3) is 2.93. The zero-order chi connectivity index (χ0) is 15.5. The SMILES string of the molecule is CCOP(=O)(OCC)c1cc2ccc(OC)c(OC)c2[nH]1. The van der Waals surface area contributed by atoms with Gasteiger partial charge in [0.25, 0.3) is 0 Å². The number of H-pyrrole nitrogens is 1. The monoisotopic (exact) mass is 313 g/mol. The van der Waals surface area contributed by atoms with Gasteiger partial charge in [-0.25, -0.2) is 0 Å². The van der Waals surface area contributed by atoms with Crippen LogP contribution in [0.1, 0.15) is 13.8 Å². The minimum Gasteiger partial charge on any atom is -0.493 e. The van der Waals surface area contributed by atoms with E-state index < -0.39 is 7.60 Å². The minimum absolute atomic E-state index is 0.299. The number of methoxy groups -OCH3 is 2. The van der Waals surface area contributed by atoms with Gasteiger partial charge in [-0.1, -0.05) is 0 Å². The summed E-state index contributed by atoms with van der Waals surface area (Å²) in [6.07, 6.45) is 0. The van der Waals surface area contributed by atoms with Gasteiger partial charge in [0, 0.05) is 5.39 Å². The zero-order valence-electron chi connectivity index (χ0n) is 12.6. The van der Waals surface area contributed by atoms with E-state index in [1.807, 2.05) is 6.07 Å². The molecular formula is C14H20NO5P. The van der Waals surface area contributed by atoms with Gasteiger partial charge in [0.2, 0.25) is 0 Å². The van der Waals surface area contributed by atoms with E-state index in [2.05, 4.69) is 4.98 Å². The molecule has 0 fully saturated rings. The van der Waals surface area contributed by atoms with Crippen LogP contribution in [-0.4, -0.2) is 32.4 Å². The first-order valence-corrected chi connectivity index (χ1v) is 8.27. The molecule has 0 aliphatic carbocycles. The van der Waals surface area contributed by atoms with Crippen molar-refractivity contribution < 1.29 is 23.1 Å². The number of aromatic nitrogens is 1. The number of benzene rings is 1. The van der Waals surface area contributed by atoms with Crippen molar-refractivity contribution >= 4 is 23.9 Å². The van der Waals surface area contributed by atoms with Crippen molar-refractivity contribution in [2.45, 2.75) is 13.8 Å². The molecule has 0 amide bonds. The Kier molecular flexibility index (Phi) is 4.93. The number of ether oxygens (including phenoxy) is 2. The molecule has 0 spiro atoms. The minimum atomic E-state index is -3.35. The number of aromatic amines is 1. The fourth-order valence-electron chi connectivity index (χ4n) is 2.17. The summed E-state index contributed by atoms with van der Waals surface area (Å²) in [5.41, 5.74) is 1.11. The predicted molar refractivity (Wildman–Crippen MR) is 81.9 cm³/mol. The molecule has 1 heterocycles. The lowest BCUT2D eigenvalue weighted by atomic mass is 10.2. The molecule has 2 rings (SSSR count). The van der Waals surface area contributed by atoms with Crippen LogP contribution >= 0.6 is 7.60 Å². The highest BCUT2D eigenvalue weighted by molar-refractivity contribution is 7.62. The van der Waals surface area contributed by atoms with Crippen molar-refractivity contribution in [2.75, 3.05) is 27.4 Å². The molecule has 1 N–H and O–H groups in total. The first-order chi connectivity index (χ1) is 10.1. The van der Waals surface area contributed by atoms with Gasteiger partial charge in [0.05, 0.1) is 33.0 Å². The lowest BCUT2D eigenvalue weighted by Gasteiger charge is -2.15. The molecule has 2 aromatic rings. The molecule has 7 heteroatoms. The zero-order valence-corrected chi connectivity index (χ0v) is 13.5. The highest BCUT2D eigenvalue weighted by Gasteiger charge is 2.29. The van der Waals surface area contributed by atoms with E-state index >= 15 is 0 Å². The first-order valence-electron chi connectivity index (χ1n) is 6.73. The van der Waals surface area contributed by atoms with Gasteiger partial charge in [-0.05, 0) is 32.0 Å². The fourth-order valence-corrected chi connectivity index (χ4v) is 3.75. The van der Waals surface area contributed by atoms with E-state index in [0.717, 1.165) is 5.39 Å². The lowest BCUT2D eigenvalue weighted by molar-refractivity contribution is 0.229. The Morgan fingerprint density at radius 3 is 2.29 bits per heavy atom. The number of hydrogen-bond acceptors (Lipinski definition) is 5. The summed E-state index contributed by atoms with van der Waals surface area (Å²) in [4.78, 5) is 3.08. The number of nitrogens with one attached hydrogen (secondary N) is 1. The Balaban J connectivity index is 2.58. The molecule has 0 aliphatic rings. The third-order valence-electron chi connectivity index (χ3n) is 3.02. The second kappa shape index (κ2) is 6.52. The average molecular weight is 313 g/mol. The third-order valence-corrected chi connectivity index (χ3v) is 5.04. The molecule has 0 unspecified atom stereocenters. The van der Waals surface area contributed by atoms with Gasteiger partial charge in [-0.2, -0.15) is 0 Å². The topological polar surface area (TPSA) is 69.8 Å². The van der Waals surface area contributed by atoms with Gasteiger partial charge in [-0.15, -0.1) is 0 Å². The Hall–Kier alpha value is -1.49. The summed E-state index contributed by atoms with van der Waals surface area (Å²) in [6.45, 7) is 4.15. The summed E-state index contributed by atoms with van der Waals surface area (Å²) in [7, 11) is -0.224. The van der Waals surface area contributed by atoms with Crippen LogP contribution in [0.5, 0.6) is 11.5 Å². The summed E-state index contributed by atoms with van der Waals surface area (Å²) >= 11 is 0. The number of fused-ring (bicyclic) bond motifs is 1. The molecule has 0 saturated carbocycles. The molecule has 21 heavy (non-hydrogen) atoms. The predicted octanol–water partition coefficient (Wildman–Crippen LogP) is 3.08. The molecule has 0 saturated heterocycles. The second-order valence-electron chi connectivity index (χ2n) is 4.25. The van der Waals surface area contributed by atoms with Gasteiger partial charge >= 0.3 is 7.60 Å². The van der Waals surface area contributed by atoms with Crippen molar-refractivity contribution in [2.24, 2.45) is 0 Å². The van der Waals surface area contributed by atoms with Crippen molar-refractivity contribution in [1.82, 2.24) is 4.98 Å². The summed E-state index contributed by atoms with van der Waals surface area (Å²) in [5.74, 6) is 1.15. The van der Waals surface area contributed by atoms with E-state index in [-0.39, 0.29) is 0 Å². The van der Waals surface area contributed by atoms with Crippen LogP contribution in [0.2, 0.25) is 0 Å². The lowest BCUT2D eigenvalue weighted by Crippen LogP contribution is -2.11. The van der Waals surface area contributed by atoms with Crippen LogP contribution in [0.25, 0.3) is 10.9 Å². The maximum Gasteiger partial charge on any atom is 0.377 e. The quantitative estimate of drug-likeness (QED) is 0.796. The molecular weight excluding hydrogens is 293 g/mol. The molecule has 0 bridgehead atoms. The maximum absolute atomic E-state index is 12.8. The van der Waals surface area contributed by atoms with Crippen LogP contribution in [-0.2, 0) is 13.6 Å². The second-order valence-corrected chi connectivity index (χ2v) is 6.25. The normalized spacial score (nSPS) is 11.8. The Morgan fingerprint density at radius 1 is 1.10 bits per heavy atom. The molecule has 0 aliphatic heterocycles. The van der Waals surface area contributed by atoms with Crippen molar-refractivity contribution in [3.63, 3.8) is 0 Å². The van der Waals surface area contributed by atoms with E-state index in [9.17, 15) is 4.57 Å². The standard InChI is InChI=1S/C14H20NO5P/c1-5-19-21(16,20-6-2)12-9-10-7-8-11(17-3)14(18-4)13(10)15-12/h7-9,15H,5-6H2,1-4H3. The smallest absolute Gasteiger partial charge is 0.377 e. The van der Waals surface area contributed by atoms with Crippen molar-refractivity contribution in [1.29, 1.82) is 0 Å².